The molecule has 0 aromatic heterocycles. The van der Waals surface area contributed by atoms with Gasteiger partial charge in [0.15, 0.2) is 0 Å². The lowest BCUT2D eigenvalue weighted by atomic mass is 10.1. The molecule has 1 aliphatic rings. The van der Waals surface area contributed by atoms with Crippen molar-refractivity contribution in [1.29, 1.82) is 0 Å². The maximum absolute atomic E-state index is 12.0. The largest absolute Gasteiger partial charge is 0.522 e. The average molecular weight is 243 g/mol. The second-order valence-electron chi connectivity index (χ2n) is 3.31. The summed E-state index contributed by atoms with van der Waals surface area (Å²) in [6.07, 6.45) is -5.34. The highest BCUT2D eigenvalue weighted by molar-refractivity contribution is 4.89. The van der Waals surface area contributed by atoms with Crippen LogP contribution in [0.25, 0.3) is 0 Å². The predicted molar refractivity (Wildman–Crippen MR) is 55.2 cm³/mol. The molecule has 0 amide bonds. The molecule has 0 aromatic rings. The van der Waals surface area contributed by atoms with E-state index in [-0.39, 0.29) is 12.1 Å². The molecule has 16 heavy (non-hydrogen) atoms. The Labute approximate surface area is 94.3 Å². The molecule has 3 nitrogen and oxygen atoms in total. The van der Waals surface area contributed by atoms with Gasteiger partial charge in [0.05, 0.1) is 18.2 Å². The van der Waals surface area contributed by atoms with E-state index in [0.29, 0.717) is 13.0 Å². The van der Waals surface area contributed by atoms with Gasteiger partial charge >= 0.3 is 6.36 Å². The molecule has 1 saturated heterocycles. The molecule has 1 heterocycles. The minimum atomic E-state index is -4.57. The third-order valence-electron chi connectivity index (χ3n) is 2.37. The van der Waals surface area contributed by atoms with Crippen LogP contribution in [0.4, 0.5) is 13.2 Å². The Hall–Kier alpha value is -0.330. The molecule has 6 heteroatoms. The summed E-state index contributed by atoms with van der Waals surface area (Å²) in [4.78, 5) is 0. The van der Waals surface area contributed by atoms with E-state index in [9.17, 15) is 13.2 Å². The molecule has 0 aliphatic carbocycles. The van der Waals surface area contributed by atoms with Gasteiger partial charge in [-0.05, 0) is 19.9 Å². The second kappa shape index (κ2) is 7.09. The Morgan fingerprint density at radius 2 is 1.88 bits per heavy atom. The Bertz CT molecular complexity index is 187. The molecule has 1 fully saturated rings. The number of nitrogens with one attached hydrogen (secondary N) is 1. The number of hydrogen-bond acceptors (Lipinski definition) is 3. The molecule has 0 aromatic carbocycles. The van der Waals surface area contributed by atoms with Gasteiger partial charge in [-0.2, -0.15) is 0 Å². The van der Waals surface area contributed by atoms with Crippen LogP contribution in [-0.4, -0.2) is 38.3 Å². The first-order chi connectivity index (χ1) is 7.44. The molecule has 0 spiro atoms. The van der Waals surface area contributed by atoms with Crippen molar-refractivity contribution >= 4 is 0 Å². The molecule has 1 aliphatic heterocycles. The van der Waals surface area contributed by atoms with Gasteiger partial charge in [0, 0.05) is 7.11 Å². The fourth-order valence-electron chi connectivity index (χ4n) is 1.62. The lowest BCUT2D eigenvalue weighted by Gasteiger charge is -2.25. The highest BCUT2D eigenvalue weighted by Crippen LogP contribution is 2.25. The second-order valence-corrected chi connectivity index (χ2v) is 3.31. The van der Waals surface area contributed by atoms with Gasteiger partial charge in [-0.15, -0.1) is 13.2 Å². The zero-order valence-electron chi connectivity index (χ0n) is 10.1. The highest BCUT2D eigenvalue weighted by Gasteiger charge is 2.41. The van der Waals surface area contributed by atoms with Crippen LogP contribution in [0, 0.1) is 0 Å². The van der Waals surface area contributed by atoms with E-state index in [0.717, 1.165) is 0 Å². The van der Waals surface area contributed by atoms with Crippen molar-refractivity contribution in [1.82, 2.24) is 5.32 Å². The molecule has 0 radical (unpaired) electrons. The summed E-state index contributed by atoms with van der Waals surface area (Å²) in [5, 5.41) is 2.93. The fraction of sp³-hybridized carbons (Fsp3) is 1.00. The normalized spacial score (nSPS) is 27.2. The van der Waals surface area contributed by atoms with E-state index in [4.69, 9.17) is 4.74 Å². The third-order valence-corrected chi connectivity index (χ3v) is 2.37. The summed E-state index contributed by atoms with van der Waals surface area (Å²) in [6, 6.07) is -0.387. The molecule has 0 bridgehead atoms. The summed E-state index contributed by atoms with van der Waals surface area (Å²) in [7, 11) is 1.47. The average Bonchev–Trinajstić information content (AvgIpc) is 2.65. The van der Waals surface area contributed by atoms with Crippen LogP contribution in [0.3, 0.4) is 0 Å². The zero-order chi connectivity index (χ0) is 12.8. The summed E-state index contributed by atoms with van der Waals surface area (Å²) in [5.74, 6) is 0. The van der Waals surface area contributed by atoms with Crippen LogP contribution in [0.15, 0.2) is 0 Å². The minimum absolute atomic E-state index is 0.287. The monoisotopic (exact) mass is 243 g/mol. The van der Waals surface area contributed by atoms with Crippen LogP contribution < -0.4 is 5.32 Å². The van der Waals surface area contributed by atoms with E-state index < -0.39 is 12.5 Å². The Morgan fingerprint density at radius 1 is 1.31 bits per heavy atom. The van der Waals surface area contributed by atoms with Crippen molar-refractivity contribution in [3.05, 3.63) is 0 Å². The van der Waals surface area contributed by atoms with E-state index >= 15 is 0 Å². The Kier molecular flexibility index (Phi) is 6.94. The number of halogens is 3. The van der Waals surface area contributed by atoms with Gasteiger partial charge in [0.1, 0.15) is 0 Å². The Balaban J connectivity index is 0.00000106. The molecule has 0 unspecified atom stereocenters. The summed E-state index contributed by atoms with van der Waals surface area (Å²) in [6.45, 7) is 6.24. The number of rotatable bonds is 3. The van der Waals surface area contributed by atoms with E-state index in [1.165, 1.54) is 7.11 Å². The van der Waals surface area contributed by atoms with Gasteiger partial charge in [-0.1, -0.05) is 13.8 Å². The van der Waals surface area contributed by atoms with Crippen LogP contribution in [0.2, 0.25) is 0 Å². The van der Waals surface area contributed by atoms with Crippen LogP contribution in [0.1, 0.15) is 27.2 Å². The quantitative estimate of drug-likeness (QED) is 0.825. The standard InChI is InChI=1S/C8H14F3NO2.C2H6/c1-5(13-2)7-6(3-4-12-7)14-8(9,10)11;1-2/h5-7,12H,3-4H2,1-2H3;1-2H3/t5-,6-,7+;/m0./s1. The topological polar surface area (TPSA) is 30.5 Å². The van der Waals surface area contributed by atoms with Gasteiger partial charge in [-0.25, -0.2) is 0 Å². The zero-order valence-corrected chi connectivity index (χ0v) is 10.1. The van der Waals surface area contributed by atoms with E-state index in [1.54, 1.807) is 6.92 Å². The first-order valence-electron chi connectivity index (χ1n) is 5.45. The first-order valence-corrected chi connectivity index (χ1v) is 5.45. The molecule has 1 N–H and O–H groups in total. The van der Waals surface area contributed by atoms with E-state index in [2.05, 4.69) is 10.1 Å². The number of ether oxygens (including phenoxy) is 2. The van der Waals surface area contributed by atoms with Crippen LogP contribution >= 0.6 is 0 Å². The maximum atomic E-state index is 12.0. The maximum Gasteiger partial charge on any atom is 0.522 e. The van der Waals surface area contributed by atoms with Gasteiger partial charge in [0.25, 0.3) is 0 Å². The van der Waals surface area contributed by atoms with Crippen molar-refractivity contribution in [2.75, 3.05) is 13.7 Å². The van der Waals surface area contributed by atoms with Gasteiger partial charge in [0.2, 0.25) is 0 Å². The summed E-state index contributed by atoms with van der Waals surface area (Å²) >= 11 is 0. The highest BCUT2D eigenvalue weighted by atomic mass is 19.4. The van der Waals surface area contributed by atoms with Crippen molar-refractivity contribution < 1.29 is 22.6 Å². The number of hydrogen-bond donors (Lipinski definition) is 1. The summed E-state index contributed by atoms with van der Waals surface area (Å²) in [5.41, 5.74) is 0. The molecule has 0 saturated carbocycles. The predicted octanol–water partition coefficient (Wildman–Crippen LogP) is 2.31. The van der Waals surface area contributed by atoms with Crippen molar-refractivity contribution in [2.24, 2.45) is 0 Å². The lowest BCUT2D eigenvalue weighted by molar-refractivity contribution is -0.344. The van der Waals surface area contributed by atoms with Crippen LogP contribution in [-0.2, 0) is 9.47 Å². The van der Waals surface area contributed by atoms with Gasteiger partial charge in [-0.3, -0.25) is 4.74 Å². The minimum Gasteiger partial charge on any atom is -0.380 e. The Morgan fingerprint density at radius 3 is 2.31 bits per heavy atom. The summed E-state index contributed by atoms with van der Waals surface area (Å²) < 4.78 is 44.8. The lowest BCUT2D eigenvalue weighted by Crippen LogP contribution is -2.44. The van der Waals surface area contributed by atoms with Gasteiger partial charge < -0.3 is 10.1 Å². The van der Waals surface area contributed by atoms with Crippen molar-refractivity contribution in [3.8, 4) is 0 Å². The first kappa shape index (κ1) is 15.7. The molecular weight excluding hydrogens is 223 g/mol. The SMILES string of the molecule is CC.CO[C@@H](C)[C@H]1NCC[C@@H]1OC(F)(F)F. The number of methoxy groups -OCH3 is 1. The molecular formula is C10H20F3NO2. The van der Waals surface area contributed by atoms with Crippen molar-refractivity contribution in [3.63, 3.8) is 0 Å². The van der Waals surface area contributed by atoms with Crippen LogP contribution in [0.5, 0.6) is 0 Å². The van der Waals surface area contributed by atoms with Crippen molar-refractivity contribution in [2.45, 2.75) is 51.8 Å². The molecule has 3 atom stereocenters. The number of alkyl halides is 3. The smallest absolute Gasteiger partial charge is 0.380 e. The molecule has 1 rings (SSSR count). The third kappa shape index (κ3) is 5.14. The van der Waals surface area contributed by atoms with E-state index in [1.807, 2.05) is 13.8 Å². The molecule has 98 valence electrons. The fourth-order valence-corrected chi connectivity index (χ4v) is 1.62.